The van der Waals surface area contributed by atoms with E-state index in [-0.39, 0.29) is 6.92 Å². The Bertz CT molecular complexity index is 2820. The zero-order chi connectivity index (χ0) is 34.2. The van der Waals surface area contributed by atoms with Crippen LogP contribution in [0.1, 0.15) is 0 Å². The summed E-state index contributed by atoms with van der Waals surface area (Å²) in [6.45, 7) is -0.290. The molecule has 11 rings (SSSR count). The molecule has 2 aliphatic rings. The van der Waals surface area contributed by atoms with E-state index in [1.54, 1.807) is 0 Å². The molecule has 4 heteroatoms. The molecule has 0 atom stereocenters. The van der Waals surface area contributed by atoms with Gasteiger partial charge in [-0.2, -0.15) is 0 Å². The maximum atomic E-state index is 7.00. The van der Waals surface area contributed by atoms with Crippen molar-refractivity contribution in [3.63, 3.8) is 0 Å². The monoisotopic (exact) mass is 663 g/mol. The van der Waals surface area contributed by atoms with Crippen molar-refractivity contribution in [2.45, 2.75) is 0 Å². The van der Waals surface area contributed by atoms with E-state index in [9.17, 15) is 0 Å². The zero-order valence-corrected chi connectivity index (χ0v) is 28.2. The molecule has 0 saturated heterocycles. The average molecular weight is 664 g/mol. The van der Waals surface area contributed by atoms with Crippen LogP contribution >= 0.6 is 0 Å². The summed E-state index contributed by atoms with van der Waals surface area (Å²) in [5, 5.41) is 2.50. The fourth-order valence-electron chi connectivity index (χ4n) is 8.39. The van der Waals surface area contributed by atoms with Crippen molar-refractivity contribution in [3.8, 4) is 67.4 Å². The van der Waals surface area contributed by atoms with Gasteiger partial charge in [-0.1, -0.05) is 140 Å². The molecule has 0 radical (unpaired) electrons. The first-order valence-electron chi connectivity index (χ1n) is 17.8. The van der Waals surface area contributed by atoms with Crippen LogP contribution in [-0.4, -0.2) is 11.5 Å². The molecular weight excluding hydrogens is 633 g/mol. The summed E-state index contributed by atoms with van der Waals surface area (Å²) < 4.78 is 16.0. The summed E-state index contributed by atoms with van der Waals surface area (Å²) in [6.07, 6.45) is 0. The summed E-state index contributed by atoms with van der Waals surface area (Å²) in [5.74, 6) is 2.54. The molecule has 3 heterocycles. The highest BCUT2D eigenvalue weighted by Gasteiger charge is 2.41. The number of nitrogens with zero attached hydrogens (tertiary/aromatic N) is 1. The van der Waals surface area contributed by atoms with Gasteiger partial charge < -0.3 is 14.0 Å². The van der Waals surface area contributed by atoms with E-state index >= 15 is 0 Å². The van der Waals surface area contributed by atoms with E-state index in [0.717, 1.165) is 61.7 Å². The normalized spacial score (nSPS) is 12.5. The summed E-state index contributed by atoms with van der Waals surface area (Å²) in [6, 6.07) is 64.7. The maximum Gasteiger partial charge on any atom is 0.434 e. The number of rotatable bonds is 4. The molecule has 0 fully saturated rings. The summed E-state index contributed by atoms with van der Waals surface area (Å²) >= 11 is 0. The first-order valence-corrected chi connectivity index (χ1v) is 17.8. The van der Waals surface area contributed by atoms with Crippen molar-refractivity contribution in [3.05, 3.63) is 182 Å². The summed E-state index contributed by atoms with van der Waals surface area (Å²) in [4.78, 5) is 0. The molecule has 0 spiro atoms. The molecule has 2 aliphatic heterocycles. The van der Waals surface area contributed by atoms with Gasteiger partial charge in [0.15, 0.2) is 0 Å². The van der Waals surface area contributed by atoms with Gasteiger partial charge in [0, 0.05) is 32.8 Å². The predicted octanol–water partition coefficient (Wildman–Crippen LogP) is 11.1. The second kappa shape index (κ2) is 11.4. The number of ether oxygens (including phenoxy) is 1. The van der Waals surface area contributed by atoms with E-state index in [1.807, 2.05) is 0 Å². The number of hydrogen-bond acceptors (Lipinski definition) is 2. The van der Waals surface area contributed by atoms with Crippen LogP contribution in [0.2, 0.25) is 0 Å². The zero-order valence-electron chi connectivity index (χ0n) is 28.2. The molecule has 0 N–H and O–H groups in total. The largest absolute Gasteiger partial charge is 0.551 e. The van der Waals surface area contributed by atoms with Crippen molar-refractivity contribution in [2.75, 3.05) is 0 Å². The van der Waals surface area contributed by atoms with Crippen LogP contribution in [0.4, 0.5) is 0 Å². The Kier molecular flexibility index (Phi) is 6.35. The quantitative estimate of drug-likeness (QED) is 0.175. The molecule has 0 amide bonds. The predicted molar refractivity (Wildman–Crippen MR) is 215 cm³/mol. The van der Waals surface area contributed by atoms with Gasteiger partial charge in [-0.15, -0.1) is 0 Å². The van der Waals surface area contributed by atoms with E-state index in [2.05, 4.69) is 187 Å². The van der Waals surface area contributed by atoms with Crippen LogP contribution in [-0.2, 0) is 0 Å². The van der Waals surface area contributed by atoms with Crippen LogP contribution in [0.15, 0.2) is 182 Å². The Morgan fingerprint density at radius 3 is 1.75 bits per heavy atom. The number of benzene rings is 8. The molecule has 0 saturated carbocycles. The first-order chi connectivity index (χ1) is 25.8. The minimum Gasteiger partial charge on any atom is -0.551 e. The Labute approximate surface area is 302 Å². The topological polar surface area (TPSA) is 23.4 Å². The molecule has 9 aromatic rings. The van der Waals surface area contributed by atoms with Crippen molar-refractivity contribution < 1.29 is 9.39 Å². The molecular formula is C48H30BNO2. The Balaban J connectivity index is 1.03. The van der Waals surface area contributed by atoms with Crippen LogP contribution < -0.4 is 20.3 Å². The van der Waals surface area contributed by atoms with Gasteiger partial charge >= 0.3 is 6.92 Å². The molecule has 0 unspecified atom stereocenters. The SMILES string of the molecule is c1ccc(-c2ccccc2-c2ccc3c(c2)B2Oc4ccc(-c5ccccc5-n5c6ccccc6c6ccccc65)cc4-c4cccc(c42)O3)cc1. The van der Waals surface area contributed by atoms with Crippen LogP contribution in [0, 0.1) is 0 Å². The van der Waals surface area contributed by atoms with Crippen LogP contribution in [0.5, 0.6) is 17.2 Å². The lowest BCUT2D eigenvalue weighted by Crippen LogP contribution is -2.53. The van der Waals surface area contributed by atoms with Crippen LogP contribution in [0.3, 0.4) is 0 Å². The second-order valence-electron chi connectivity index (χ2n) is 13.6. The van der Waals surface area contributed by atoms with Crippen molar-refractivity contribution in [1.82, 2.24) is 4.57 Å². The molecule has 0 aliphatic carbocycles. The lowest BCUT2D eigenvalue weighted by atomic mass is 9.50. The first kappa shape index (κ1) is 29.0. The van der Waals surface area contributed by atoms with Gasteiger partial charge in [0.2, 0.25) is 0 Å². The third kappa shape index (κ3) is 4.34. The van der Waals surface area contributed by atoms with Gasteiger partial charge in [-0.25, -0.2) is 0 Å². The second-order valence-corrected chi connectivity index (χ2v) is 13.6. The molecule has 52 heavy (non-hydrogen) atoms. The van der Waals surface area contributed by atoms with Crippen LogP contribution in [0.25, 0.3) is 72.0 Å². The fourth-order valence-corrected chi connectivity index (χ4v) is 8.39. The van der Waals surface area contributed by atoms with E-state index in [0.29, 0.717) is 0 Å². The average Bonchev–Trinajstić information content (AvgIpc) is 3.55. The minimum atomic E-state index is -0.290. The van der Waals surface area contributed by atoms with E-state index in [4.69, 9.17) is 9.39 Å². The Morgan fingerprint density at radius 2 is 0.981 bits per heavy atom. The molecule has 1 aromatic heterocycles. The van der Waals surface area contributed by atoms with Gasteiger partial charge in [-0.05, 0) is 75.8 Å². The number of aromatic nitrogens is 1. The highest BCUT2D eigenvalue weighted by molar-refractivity contribution is 6.84. The van der Waals surface area contributed by atoms with Crippen molar-refractivity contribution >= 4 is 39.6 Å². The summed E-state index contributed by atoms with van der Waals surface area (Å²) in [5.41, 5.74) is 14.8. The Morgan fingerprint density at radius 1 is 0.385 bits per heavy atom. The maximum absolute atomic E-state index is 7.00. The van der Waals surface area contributed by atoms with E-state index in [1.165, 1.54) is 38.5 Å². The lowest BCUT2D eigenvalue weighted by molar-refractivity contribution is 0.479. The third-order valence-electron chi connectivity index (χ3n) is 10.7. The highest BCUT2D eigenvalue weighted by Crippen LogP contribution is 2.43. The van der Waals surface area contributed by atoms with Crippen molar-refractivity contribution in [1.29, 1.82) is 0 Å². The number of fused-ring (bicyclic) bond motifs is 7. The molecule has 8 aromatic carbocycles. The number of para-hydroxylation sites is 3. The third-order valence-corrected chi connectivity index (χ3v) is 10.7. The smallest absolute Gasteiger partial charge is 0.434 e. The van der Waals surface area contributed by atoms with Gasteiger partial charge in [0.1, 0.15) is 17.2 Å². The van der Waals surface area contributed by atoms with Gasteiger partial charge in [0.25, 0.3) is 0 Å². The standard InChI is InChI=1S/C48H30BNO2/c1-2-13-31(14-3-1)34-15-4-5-16-35(34)33-26-28-46-41(30-33)49-48-39(20-12-24-47(48)51-46)40-29-32(25-27-45(40)52-49)36-17-6-9-21-42(36)50-43-22-10-7-18-37(43)38-19-8-11-23-44(38)50/h1-30H. The molecule has 242 valence electrons. The highest BCUT2D eigenvalue weighted by atomic mass is 16.5. The molecule has 3 nitrogen and oxygen atoms in total. The molecule has 0 bridgehead atoms. The minimum absolute atomic E-state index is 0.290. The van der Waals surface area contributed by atoms with Gasteiger partial charge in [0.05, 0.1) is 16.7 Å². The lowest BCUT2D eigenvalue weighted by Gasteiger charge is -2.33. The fraction of sp³-hybridized carbons (Fsp3) is 0. The van der Waals surface area contributed by atoms with E-state index < -0.39 is 0 Å². The van der Waals surface area contributed by atoms with Crippen molar-refractivity contribution in [2.24, 2.45) is 0 Å². The summed E-state index contributed by atoms with van der Waals surface area (Å²) in [7, 11) is 0. The Hall–Kier alpha value is -6.78. The number of hydrogen-bond donors (Lipinski definition) is 0. The van der Waals surface area contributed by atoms with Gasteiger partial charge in [-0.3, -0.25) is 0 Å².